The van der Waals surface area contributed by atoms with E-state index in [0.717, 1.165) is 30.8 Å². The van der Waals surface area contributed by atoms with Gasteiger partial charge < -0.3 is 10.4 Å². The summed E-state index contributed by atoms with van der Waals surface area (Å²) < 4.78 is 14.7. The molecule has 3 rings (SSSR count). The summed E-state index contributed by atoms with van der Waals surface area (Å²) in [6.07, 6.45) is 2.82. The molecule has 0 aliphatic carbocycles. The smallest absolute Gasteiger partial charge is 0.138 e. The molecule has 6 heteroatoms. The lowest BCUT2D eigenvalue weighted by atomic mass is 10.1. The summed E-state index contributed by atoms with van der Waals surface area (Å²) in [6, 6.07) is 6.22. The second-order valence-corrected chi connectivity index (χ2v) is 5.07. The van der Waals surface area contributed by atoms with E-state index < -0.39 is 6.10 Å². The summed E-state index contributed by atoms with van der Waals surface area (Å²) in [4.78, 5) is 4.18. The van der Waals surface area contributed by atoms with Gasteiger partial charge >= 0.3 is 0 Å². The fraction of sp³-hybridized carbons (Fsp3) is 0.429. The number of aromatic nitrogens is 3. The quantitative estimate of drug-likeness (QED) is 0.876. The summed E-state index contributed by atoms with van der Waals surface area (Å²) in [7, 11) is 0. The molecule has 1 aromatic carbocycles. The van der Waals surface area contributed by atoms with Crippen molar-refractivity contribution < 1.29 is 9.50 Å². The van der Waals surface area contributed by atoms with Gasteiger partial charge in [0.25, 0.3) is 0 Å². The number of fused-ring (bicyclic) bond motifs is 1. The minimum Gasteiger partial charge on any atom is -0.387 e. The molecule has 0 fully saturated rings. The zero-order valence-electron chi connectivity index (χ0n) is 11.0. The second kappa shape index (κ2) is 5.68. The molecule has 5 nitrogen and oxygen atoms in total. The Morgan fingerprint density at radius 3 is 3.00 bits per heavy atom. The van der Waals surface area contributed by atoms with Crippen LogP contribution in [0.3, 0.4) is 0 Å². The topological polar surface area (TPSA) is 63.0 Å². The van der Waals surface area contributed by atoms with E-state index in [-0.39, 0.29) is 11.9 Å². The molecule has 2 atom stereocenters. The highest BCUT2D eigenvalue weighted by atomic mass is 19.1. The lowest BCUT2D eigenvalue weighted by Gasteiger charge is -2.25. The third-order valence-corrected chi connectivity index (χ3v) is 3.66. The maximum Gasteiger partial charge on any atom is 0.138 e. The first-order valence-electron chi connectivity index (χ1n) is 6.76. The van der Waals surface area contributed by atoms with E-state index in [2.05, 4.69) is 15.4 Å². The van der Waals surface area contributed by atoms with Crippen molar-refractivity contribution >= 4 is 0 Å². The van der Waals surface area contributed by atoms with E-state index >= 15 is 0 Å². The molecule has 0 saturated carbocycles. The summed E-state index contributed by atoms with van der Waals surface area (Å²) in [5.74, 6) is 0.724. The van der Waals surface area contributed by atoms with E-state index in [4.69, 9.17) is 0 Å². The molecule has 0 radical (unpaired) electrons. The van der Waals surface area contributed by atoms with Gasteiger partial charge in [0.15, 0.2) is 0 Å². The maximum absolute atomic E-state index is 12.8. The van der Waals surface area contributed by atoms with Gasteiger partial charge in [0.2, 0.25) is 0 Å². The van der Waals surface area contributed by atoms with E-state index in [0.29, 0.717) is 6.54 Å². The molecule has 0 unspecified atom stereocenters. The minimum absolute atomic E-state index is 0.277. The van der Waals surface area contributed by atoms with Crippen molar-refractivity contribution in [2.24, 2.45) is 0 Å². The van der Waals surface area contributed by atoms with Gasteiger partial charge in [-0.3, -0.25) is 0 Å². The monoisotopic (exact) mass is 276 g/mol. The Morgan fingerprint density at radius 1 is 1.40 bits per heavy atom. The summed E-state index contributed by atoms with van der Waals surface area (Å²) in [5.41, 5.74) is 0.719. The fourth-order valence-electron chi connectivity index (χ4n) is 2.49. The average molecular weight is 276 g/mol. The van der Waals surface area contributed by atoms with Crippen molar-refractivity contribution in [1.29, 1.82) is 0 Å². The van der Waals surface area contributed by atoms with Crippen LogP contribution in [0.1, 0.15) is 23.9 Å². The number of aliphatic hydroxyl groups excluding tert-OH is 1. The largest absolute Gasteiger partial charge is 0.387 e. The number of rotatable bonds is 4. The summed E-state index contributed by atoms with van der Waals surface area (Å²) in [5, 5.41) is 17.6. The lowest BCUT2D eigenvalue weighted by molar-refractivity contribution is 0.165. The van der Waals surface area contributed by atoms with Gasteiger partial charge in [-0.05, 0) is 24.1 Å². The van der Waals surface area contributed by atoms with E-state index in [9.17, 15) is 9.50 Å². The molecular formula is C14H17FN4O. The van der Waals surface area contributed by atoms with Gasteiger partial charge in [-0.25, -0.2) is 14.1 Å². The Morgan fingerprint density at radius 2 is 2.20 bits per heavy atom. The first-order valence-corrected chi connectivity index (χ1v) is 6.76. The molecule has 106 valence electrons. The van der Waals surface area contributed by atoms with Crippen LogP contribution in [-0.2, 0) is 13.0 Å². The van der Waals surface area contributed by atoms with Crippen LogP contribution in [0.5, 0.6) is 0 Å². The van der Waals surface area contributed by atoms with Gasteiger partial charge in [-0.15, -0.1) is 0 Å². The van der Waals surface area contributed by atoms with Crippen molar-refractivity contribution in [1.82, 2.24) is 20.1 Å². The van der Waals surface area contributed by atoms with E-state index in [1.54, 1.807) is 18.5 Å². The third kappa shape index (κ3) is 2.86. The number of hydrogen-bond acceptors (Lipinski definition) is 4. The van der Waals surface area contributed by atoms with Crippen LogP contribution in [0.2, 0.25) is 0 Å². The molecule has 20 heavy (non-hydrogen) atoms. The third-order valence-electron chi connectivity index (χ3n) is 3.66. The van der Waals surface area contributed by atoms with Crippen LogP contribution in [0.4, 0.5) is 4.39 Å². The van der Waals surface area contributed by atoms with Crippen LogP contribution < -0.4 is 5.32 Å². The van der Waals surface area contributed by atoms with Crippen LogP contribution in [0.25, 0.3) is 0 Å². The molecule has 0 amide bonds. The van der Waals surface area contributed by atoms with Crippen LogP contribution in [0, 0.1) is 5.82 Å². The zero-order valence-corrected chi connectivity index (χ0v) is 11.0. The predicted molar refractivity (Wildman–Crippen MR) is 71.5 cm³/mol. The second-order valence-electron chi connectivity index (χ2n) is 5.07. The molecule has 0 saturated heterocycles. The highest BCUT2D eigenvalue weighted by Gasteiger charge is 2.20. The number of nitrogens with zero attached hydrogens (tertiary/aromatic N) is 3. The van der Waals surface area contributed by atoms with Gasteiger partial charge in [-0.2, -0.15) is 5.10 Å². The SMILES string of the molecule is O[C@@H](CN[C@@H]1CCc2ncnn2C1)c1ccc(F)cc1. The molecule has 2 N–H and O–H groups in total. The Hall–Kier alpha value is -1.79. The van der Waals surface area contributed by atoms with Crippen molar-refractivity contribution in [3.05, 3.63) is 47.8 Å². The Bertz CT molecular complexity index is 569. The Balaban J connectivity index is 1.54. The van der Waals surface area contributed by atoms with Gasteiger partial charge in [0.05, 0.1) is 12.6 Å². The summed E-state index contributed by atoms with van der Waals surface area (Å²) >= 11 is 0. The Kier molecular flexibility index (Phi) is 3.75. The molecule has 1 aliphatic rings. The van der Waals surface area contributed by atoms with Gasteiger partial charge in [0.1, 0.15) is 18.0 Å². The standard InChI is InChI=1S/C14H17FN4O/c15-11-3-1-10(2-4-11)13(20)7-16-12-5-6-14-17-9-18-19(14)8-12/h1-4,9,12-13,16,20H,5-8H2/t12-,13+/m1/s1. The van der Waals surface area contributed by atoms with Crippen molar-refractivity contribution in [3.63, 3.8) is 0 Å². The molecule has 1 aliphatic heterocycles. The number of nitrogens with one attached hydrogen (secondary N) is 1. The first-order chi connectivity index (χ1) is 9.72. The number of benzene rings is 1. The number of halogens is 1. The van der Waals surface area contributed by atoms with Crippen LogP contribution >= 0.6 is 0 Å². The predicted octanol–water partition coefficient (Wildman–Crippen LogP) is 1.06. The minimum atomic E-state index is -0.632. The average Bonchev–Trinajstić information content (AvgIpc) is 2.93. The van der Waals surface area contributed by atoms with Gasteiger partial charge in [0, 0.05) is 19.0 Å². The van der Waals surface area contributed by atoms with Crippen molar-refractivity contribution in [3.8, 4) is 0 Å². The van der Waals surface area contributed by atoms with E-state index in [1.807, 2.05) is 4.68 Å². The number of hydrogen-bond donors (Lipinski definition) is 2. The lowest BCUT2D eigenvalue weighted by Crippen LogP contribution is -2.39. The van der Waals surface area contributed by atoms with Crippen LogP contribution in [0.15, 0.2) is 30.6 Å². The number of aliphatic hydroxyl groups is 1. The van der Waals surface area contributed by atoms with Crippen LogP contribution in [-0.4, -0.2) is 32.5 Å². The fourth-order valence-corrected chi connectivity index (χ4v) is 2.49. The molecule has 0 spiro atoms. The molecule has 0 bridgehead atoms. The zero-order chi connectivity index (χ0) is 13.9. The van der Waals surface area contributed by atoms with Gasteiger partial charge in [-0.1, -0.05) is 12.1 Å². The first kappa shape index (κ1) is 13.2. The Labute approximate surface area is 116 Å². The highest BCUT2D eigenvalue weighted by Crippen LogP contribution is 2.15. The summed E-state index contributed by atoms with van der Waals surface area (Å²) in [6.45, 7) is 1.21. The maximum atomic E-state index is 12.8. The van der Waals surface area contributed by atoms with E-state index in [1.165, 1.54) is 12.1 Å². The molecular weight excluding hydrogens is 259 g/mol. The van der Waals surface area contributed by atoms with Crippen molar-refractivity contribution in [2.45, 2.75) is 31.5 Å². The normalized spacial score (nSPS) is 19.6. The molecule has 1 aromatic heterocycles. The molecule has 2 aromatic rings. The number of aryl methyl sites for hydroxylation is 1. The molecule has 2 heterocycles. The highest BCUT2D eigenvalue weighted by molar-refractivity contribution is 5.18. The van der Waals surface area contributed by atoms with Crippen molar-refractivity contribution in [2.75, 3.05) is 6.54 Å².